The fourth-order valence-electron chi connectivity index (χ4n) is 1.33. The fraction of sp³-hybridized carbons (Fsp3) is 0.364. The van der Waals surface area contributed by atoms with Gasteiger partial charge in [-0.25, -0.2) is 0 Å². The van der Waals surface area contributed by atoms with Crippen molar-refractivity contribution < 1.29 is 10.2 Å². The summed E-state index contributed by atoms with van der Waals surface area (Å²) in [5.41, 5.74) is 6.93. The molecular formula is C11H14N2O2. The smallest absolute Gasteiger partial charge is 0.106 e. The van der Waals surface area contributed by atoms with Crippen LogP contribution in [0, 0.1) is 11.3 Å². The highest BCUT2D eigenvalue weighted by atomic mass is 16.3. The maximum Gasteiger partial charge on any atom is 0.106 e. The maximum absolute atomic E-state index is 9.70. The third kappa shape index (κ3) is 3.03. The Balaban J connectivity index is 2.81. The molecule has 0 spiro atoms. The van der Waals surface area contributed by atoms with Crippen LogP contribution in [0.5, 0.6) is 0 Å². The summed E-state index contributed by atoms with van der Waals surface area (Å²) in [6, 6.07) is 8.84. The predicted molar refractivity (Wildman–Crippen MR) is 55.5 cm³/mol. The van der Waals surface area contributed by atoms with Crippen LogP contribution in [0.4, 0.5) is 0 Å². The number of nitrogens with two attached hydrogens (primary N) is 1. The zero-order valence-electron chi connectivity index (χ0n) is 8.30. The second-order valence-corrected chi connectivity index (χ2v) is 3.32. The van der Waals surface area contributed by atoms with E-state index in [4.69, 9.17) is 11.0 Å². The van der Waals surface area contributed by atoms with Gasteiger partial charge < -0.3 is 15.9 Å². The Bertz CT molecular complexity index is 360. The molecule has 0 aromatic heterocycles. The molecule has 80 valence electrons. The van der Waals surface area contributed by atoms with E-state index in [0.717, 1.165) is 5.56 Å². The van der Waals surface area contributed by atoms with Crippen LogP contribution in [0.1, 0.15) is 23.7 Å². The first-order valence-electron chi connectivity index (χ1n) is 4.71. The predicted octanol–water partition coefficient (Wildman–Crippen LogP) is 0.453. The summed E-state index contributed by atoms with van der Waals surface area (Å²) >= 11 is 0. The van der Waals surface area contributed by atoms with E-state index >= 15 is 0 Å². The van der Waals surface area contributed by atoms with Gasteiger partial charge in [0.2, 0.25) is 0 Å². The molecule has 4 heteroatoms. The van der Waals surface area contributed by atoms with Crippen LogP contribution < -0.4 is 5.73 Å². The molecule has 0 amide bonds. The van der Waals surface area contributed by atoms with E-state index in [1.54, 1.807) is 18.2 Å². The molecule has 0 aliphatic heterocycles. The van der Waals surface area contributed by atoms with Gasteiger partial charge in [0.05, 0.1) is 18.6 Å². The minimum atomic E-state index is -1.05. The Labute approximate surface area is 88.6 Å². The van der Waals surface area contributed by atoms with E-state index in [-0.39, 0.29) is 6.42 Å². The van der Waals surface area contributed by atoms with Gasteiger partial charge in [-0.2, -0.15) is 5.26 Å². The van der Waals surface area contributed by atoms with Crippen molar-refractivity contribution in [3.8, 4) is 6.07 Å². The third-order valence-corrected chi connectivity index (χ3v) is 2.19. The van der Waals surface area contributed by atoms with Gasteiger partial charge in [-0.1, -0.05) is 24.3 Å². The average Bonchev–Trinajstić information content (AvgIpc) is 2.28. The molecule has 4 N–H and O–H groups in total. The van der Waals surface area contributed by atoms with Crippen molar-refractivity contribution in [3.05, 3.63) is 35.4 Å². The number of aliphatic hydroxyl groups is 2. The molecule has 0 fully saturated rings. The number of hydrogen-bond donors (Lipinski definition) is 3. The zero-order valence-corrected chi connectivity index (χ0v) is 8.30. The van der Waals surface area contributed by atoms with Gasteiger partial charge in [-0.3, -0.25) is 0 Å². The number of benzene rings is 1. The normalized spacial score (nSPS) is 14.3. The lowest BCUT2D eigenvalue weighted by atomic mass is 10.0. The molecule has 0 radical (unpaired) electrons. The molecule has 1 aromatic rings. The van der Waals surface area contributed by atoms with Crippen LogP contribution in [-0.2, 0) is 6.54 Å². The lowest BCUT2D eigenvalue weighted by Gasteiger charge is -2.16. The summed E-state index contributed by atoms with van der Waals surface area (Å²) in [4.78, 5) is 0. The summed E-state index contributed by atoms with van der Waals surface area (Å²) in [6.45, 7) is 0.384. The van der Waals surface area contributed by atoms with Crippen LogP contribution in [0.15, 0.2) is 24.3 Å². The van der Waals surface area contributed by atoms with Crippen molar-refractivity contribution in [3.63, 3.8) is 0 Å². The van der Waals surface area contributed by atoms with Crippen molar-refractivity contribution >= 4 is 0 Å². The van der Waals surface area contributed by atoms with Crippen LogP contribution in [-0.4, -0.2) is 16.3 Å². The largest absolute Gasteiger partial charge is 0.389 e. The molecule has 0 saturated heterocycles. The number of rotatable bonds is 4. The fourth-order valence-corrected chi connectivity index (χ4v) is 1.33. The molecule has 1 aromatic carbocycles. The maximum atomic E-state index is 9.70. The van der Waals surface area contributed by atoms with Crippen LogP contribution >= 0.6 is 0 Å². The SMILES string of the molecule is N#CCC(O)C(O)c1cccc(CN)c1. The highest BCUT2D eigenvalue weighted by Crippen LogP contribution is 2.19. The van der Waals surface area contributed by atoms with Gasteiger partial charge in [0.15, 0.2) is 0 Å². The molecule has 4 nitrogen and oxygen atoms in total. The molecular weight excluding hydrogens is 192 g/mol. The first-order chi connectivity index (χ1) is 7.19. The van der Waals surface area contributed by atoms with Crippen molar-refractivity contribution in [1.29, 1.82) is 5.26 Å². The topological polar surface area (TPSA) is 90.3 Å². The van der Waals surface area contributed by atoms with Crippen molar-refractivity contribution in [2.45, 2.75) is 25.2 Å². The number of nitrogens with zero attached hydrogens (tertiary/aromatic N) is 1. The average molecular weight is 206 g/mol. The van der Waals surface area contributed by atoms with E-state index in [2.05, 4.69) is 0 Å². The number of aliphatic hydroxyl groups excluding tert-OH is 2. The summed E-state index contributed by atoms with van der Waals surface area (Å²) in [5, 5.41) is 27.5. The minimum absolute atomic E-state index is 0.0893. The van der Waals surface area contributed by atoms with Crippen molar-refractivity contribution in [1.82, 2.24) is 0 Å². The molecule has 0 bridgehead atoms. The molecule has 2 unspecified atom stereocenters. The number of nitriles is 1. The standard InChI is InChI=1S/C11H14N2O2/c12-5-4-10(14)11(15)9-3-1-2-8(6-9)7-13/h1-3,6,10-11,14-15H,4,7,13H2. The first-order valence-corrected chi connectivity index (χ1v) is 4.71. The molecule has 1 rings (SSSR count). The van der Waals surface area contributed by atoms with Gasteiger partial charge >= 0.3 is 0 Å². The molecule has 15 heavy (non-hydrogen) atoms. The molecule has 2 atom stereocenters. The Kier molecular flexibility index (Phi) is 4.25. The van der Waals surface area contributed by atoms with Crippen LogP contribution in [0.2, 0.25) is 0 Å². The molecule has 0 saturated carbocycles. The minimum Gasteiger partial charge on any atom is -0.389 e. The quantitative estimate of drug-likeness (QED) is 0.667. The monoisotopic (exact) mass is 206 g/mol. The van der Waals surface area contributed by atoms with Gasteiger partial charge in [-0.15, -0.1) is 0 Å². The summed E-state index contributed by atoms with van der Waals surface area (Å²) in [6.07, 6.45) is -2.17. The Morgan fingerprint density at radius 2 is 2.13 bits per heavy atom. The van der Waals surface area contributed by atoms with Crippen molar-refractivity contribution in [2.75, 3.05) is 0 Å². The van der Waals surface area contributed by atoms with Crippen molar-refractivity contribution in [2.24, 2.45) is 5.73 Å². The molecule has 0 heterocycles. The van der Waals surface area contributed by atoms with E-state index in [9.17, 15) is 10.2 Å². The van der Waals surface area contributed by atoms with E-state index < -0.39 is 12.2 Å². The van der Waals surface area contributed by atoms with E-state index in [1.807, 2.05) is 12.1 Å². The second-order valence-electron chi connectivity index (χ2n) is 3.32. The van der Waals surface area contributed by atoms with E-state index in [1.165, 1.54) is 0 Å². The number of hydrogen-bond acceptors (Lipinski definition) is 4. The second kappa shape index (κ2) is 5.47. The first kappa shape index (κ1) is 11.7. The van der Waals surface area contributed by atoms with E-state index in [0.29, 0.717) is 12.1 Å². The van der Waals surface area contributed by atoms with Gasteiger partial charge in [0.25, 0.3) is 0 Å². The van der Waals surface area contributed by atoms with Gasteiger partial charge in [0.1, 0.15) is 6.10 Å². The van der Waals surface area contributed by atoms with Gasteiger partial charge in [0, 0.05) is 6.54 Å². The summed E-state index contributed by atoms with van der Waals surface area (Å²) < 4.78 is 0. The zero-order chi connectivity index (χ0) is 11.3. The third-order valence-electron chi connectivity index (χ3n) is 2.19. The Morgan fingerprint density at radius 1 is 1.40 bits per heavy atom. The van der Waals surface area contributed by atoms with Crippen LogP contribution in [0.3, 0.4) is 0 Å². The highest BCUT2D eigenvalue weighted by Gasteiger charge is 2.17. The van der Waals surface area contributed by atoms with Gasteiger partial charge in [-0.05, 0) is 11.1 Å². The Hall–Kier alpha value is -1.41. The lowest BCUT2D eigenvalue weighted by Crippen LogP contribution is -2.17. The highest BCUT2D eigenvalue weighted by molar-refractivity contribution is 5.25. The summed E-state index contributed by atoms with van der Waals surface area (Å²) in [5.74, 6) is 0. The summed E-state index contributed by atoms with van der Waals surface area (Å²) in [7, 11) is 0. The lowest BCUT2D eigenvalue weighted by molar-refractivity contribution is 0.0216. The molecule has 0 aliphatic carbocycles. The Morgan fingerprint density at radius 3 is 2.73 bits per heavy atom. The van der Waals surface area contributed by atoms with Crippen LogP contribution in [0.25, 0.3) is 0 Å². The molecule has 0 aliphatic rings.